The van der Waals surface area contributed by atoms with Crippen molar-refractivity contribution >= 4 is 23.3 Å². The van der Waals surface area contributed by atoms with Gasteiger partial charge in [0.05, 0.1) is 18.0 Å². The van der Waals surface area contributed by atoms with Gasteiger partial charge in [-0.1, -0.05) is 6.92 Å². The van der Waals surface area contributed by atoms with Crippen molar-refractivity contribution in [2.45, 2.75) is 13.5 Å². The van der Waals surface area contributed by atoms with Gasteiger partial charge in [-0.3, -0.25) is 9.78 Å². The molecule has 1 fully saturated rings. The lowest BCUT2D eigenvalue weighted by molar-refractivity contribution is -0.144. The highest BCUT2D eigenvalue weighted by Gasteiger charge is 2.36. The second-order valence-corrected chi connectivity index (χ2v) is 5.39. The van der Waals surface area contributed by atoms with E-state index in [1.807, 2.05) is 0 Å². The first-order chi connectivity index (χ1) is 8.58. The number of urea groups is 1. The molecule has 1 saturated heterocycles. The molecule has 0 aromatic carbocycles. The standard InChI is InChI=1S/C11H15N3O3S/c1-7(10(15)16)8-4-14(5-8)11(17)13-3-9-2-12-6-18-9/h2,6-8H,3-5H2,1H3,(H,13,17)(H,15,16). The number of carbonyl (C=O) groups excluding carboxylic acids is 1. The summed E-state index contributed by atoms with van der Waals surface area (Å²) < 4.78 is 0. The Morgan fingerprint density at radius 1 is 1.67 bits per heavy atom. The van der Waals surface area contributed by atoms with Crippen molar-refractivity contribution in [3.05, 3.63) is 16.6 Å². The normalized spacial score (nSPS) is 17.1. The number of thiazole rings is 1. The van der Waals surface area contributed by atoms with E-state index in [2.05, 4.69) is 10.3 Å². The van der Waals surface area contributed by atoms with E-state index in [0.717, 1.165) is 4.88 Å². The lowest BCUT2D eigenvalue weighted by Gasteiger charge is -2.40. The Balaban J connectivity index is 1.71. The van der Waals surface area contributed by atoms with Crippen LogP contribution < -0.4 is 5.32 Å². The van der Waals surface area contributed by atoms with E-state index >= 15 is 0 Å². The molecule has 0 bridgehead atoms. The SMILES string of the molecule is CC(C(=O)O)C1CN(C(=O)NCc2cncs2)C1. The summed E-state index contributed by atoms with van der Waals surface area (Å²) in [5.74, 6) is -1.13. The lowest BCUT2D eigenvalue weighted by atomic mass is 9.87. The Morgan fingerprint density at radius 2 is 2.39 bits per heavy atom. The number of carboxylic acids is 1. The van der Waals surface area contributed by atoms with Gasteiger partial charge in [-0.25, -0.2) is 4.79 Å². The Bertz CT molecular complexity index is 429. The highest BCUT2D eigenvalue weighted by molar-refractivity contribution is 7.09. The Morgan fingerprint density at radius 3 is 2.94 bits per heavy atom. The van der Waals surface area contributed by atoms with Crippen LogP contribution >= 0.6 is 11.3 Å². The number of rotatable bonds is 4. The number of hydrogen-bond donors (Lipinski definition) is 2. The van der Waals surface area contributed by atoms with Crippen LogP contribution in [0.3, 0.4) is 0 Å². The molecule has 0 aliphatic carbocycles. The Hall–Kier alpha value is -1.63. The third-order valence-electron chi connectivity index (χ3n) is 3.19. The molecule has 7 heteroatoms. The Kier molecular flexibility index (Phi) is 3.81. The van der Waals surface area contributed by atoms with Crippen LogP contribution in [0.4, 0.5) is 4.79 Å². The zero-order valence-electron chi connectivity index (χ0n) is 10.00. The minimum atomic E-state index is -0.801. The van der Waals surface area contributed by atoms with Gasteiger partial charge in [-0.05, 0) is 0 Å². The number of aromatic nitrogens is 1. The largest absolute Gasteiger partial charge is 0.481 e. The van der Waals surface area contributed by atoms with E-state index < -0.39 is 11.9 Å². The van der Waals surface area contributed by atoms with E-state index in [4.69, 9.17) is 5.11 Å². The predicted molar refractivity (Wildman–Crippen MR) is 66.2 cm³/mol. The molecule has 18 heavy (non-hydrogen) atoms. The van der Waals surface area contributed by atoms with E-state index in [9.17, 15) is 9.59 Å². The quantitative estimate of drug-likeness (QED) is 0.854. The highest BCUT2D eigenvalue weighted by Crippen LogP contribution is 2.23. The average Bonchev–Trinajstić information content (AvgIpc) is 2.76. The summed E-state index contributed by atoms with van der Waals surface area (Å²) in [4.78, 5) is 29.0. The zero-order chi connectivity index (χ0) is 13.1. The first-order valence-electron chi connectivity index (χ1n) is 5.71. The fourth-order valence-electron chi connectivity index (χ4n) is 1.80. The van der Waals surface area contributed by atoms with E-state index in [1.54, 1.807) is 23.5 Å². The van der Waals surface area contributed by atoms with Crippen LogP contribution in [0, 0.1) is 11.8 Å². The molecule has 1 unspecified atom stereocenters. The van der Waals surface area contributed by atoms with Crippen molar-refractivity contribution in [1.82, 2.24) is 15.2 Å². The van der Waals surface area contributed by atoms with Crippen molar-refractivity contribution in [2.75, 3.05) is 13.1 Å². The third kappa shape index (κ3) is 2.79. The maximum atomic E-state index is 11.7. The topological polar surface area (TPSA) is 82.5 Å². The molecule has 98 valence electrons. The van der Waals surface area contributed by atoms with Gasteiger partial charge in [0.1, 0.15) is 0 Å². The van der Waals surface area contributed by atoms with Crippen LogP contribution in [0.15, 0.2) is 11.7 Å². The fraction of sp³-hybridized carbons (Fsp3) is 0.545. The van der Waals surface area contributed by atoms with E-state index in [1.165, 1.54) is 11.3 Å². The fourth-order valence-corrected chi connectivity index (χ4v) is 2.33. The van der Waals surface area contributed by atoms with Crippen molar-refractivity contribution in [1.29, 1.82) is 0 Å². The summed E-state index contributed by atoms with van der Waals surface area (Å²) in [6.07, 6.45) is 1.72. The average molecular weight is 269 g/mol. The van der Waals surface area contributed by atoms with Gasteiger partial charge in [-0.2, -0.15) is 0 Å². The summed E-state index contributed by atoms with van der Waals surface area (Å²) in [5, 5.41) is 11.6. The maximum absolute atomic E-state index is 11.7. The van der Waals surface area contributed by atoms with Gasteiger partial charge in [0, 0.05) is 30.1 Å². The number of aliphatic carboxylic acids is 1. The Labute approximate surface area is 109 Å². The molecule has 2 rings (SSSR count). The molecule has 1 aliphatic heterocycles. The number of amides is 2. The molecular formula is C11H15N3O3S. The maximum Gasteiger partial charge on any atom is 0.317 e. The van der Waals surface area contributed by atoms with Crippen LogP contribution in [-0.4, -0.2) is 40.1 Å². The molecule has 1 aromatic rings. The summed E-state index contributed by atoms with van der Waals surface area (Å²) in [7, 11) is 0. The zero-order valence-corrected chi connectivity index (χ0v) is 10.8. The van der Waals surface area contributed by atoms with Gasteiger partial charge >= 0.3 is 12.0 Å². The molecule has 1 aliphatic rings. The van der Waals surface area contributed by atoms with Crippen LogP contribution in [0.1, 0.15) is 11.8 Å². The molecule has 0 radical (unpaired) electrons. The third-order valence-corrected chi connectivity index (χ3v) is 3.97. The van der Waals surface area contributed by atoms with Crippen LogP contribution in [0.2, 0.25) is 0 Å². The van der Waals surface area contributed by atoms with E-state index in [0.29, 0.717) is 19.6 Å². The van der Waals surface area contributed by atoms with E-state index in [-0.39, 0.29) is 11.9 Å². The number of hydrogen-bond acceptors (Lipinski definition) is 4. The molecular weight excluding hydrogens is 254 g/mol. The van der Waals surface area contributed by atoms with Gasteiger partial charge < -0.3 is 15.3 Å². The number of nitrogens with zero attached hydrogens (tertiary/aromatic N) is 2. The highest BCUT2D eigenvalue weighted by atomic mass is 32.1. The minimum Gasteiger partial charge on any atom is -0.481 e. The van der Waals surface area contributed by atoms with Gasteiger partial charge in [0.15, 0.2) is 0 Å². The molecule has 2 amide bonds. The molecule has 0 saturated carbocycles. The monoisotopic (exact) mass is 269 g/mol. The minimum absolute atomic E-state index is 0.0663. The summed E-state index contributed by atoms with van der Waals surface area (Å²) in [6, 6.07) is -0.141. The summed E-state index contributed by atoms with van der Waals surface area (Å²) in [5.41, 5.74) is 1.72. The summed E-state index contributed by atoms with van der Waals surface area (Å²) in [6.45, 7) is 3.18. The van der Waals surface area contributed by atoms with Crippen molar-refractivity contribution < 1.29 is 14.7 Å². The van der Waals surface area contributed by atoms with Gasteiger partial charge in [-0.15, -0.1) is 11.3 Å². The first kappa shape index (κ1) is 12.8. The number of carboxylic acid groups (broad SMARTS) is 1. The molecule has 2 N–H and O–H groups in total. The predicted octanol–water partition coefficient (Wildman–Crippen LogP) is 1.01. The van der Waals surface area contributed by atoms with Gasteiger partial charge in [0.25, 0.3) is 0 Å². The van der Waals surface area contributed by atoms with Crippen molar-refractivity contribution in [3.63, 3.8) is 0 Å². The second-order valence-electron chi connectivity index (χ2n) is 4.42. The van der Waals surface area contributed by atoms with Crippen molar-refractivity contribution in [2.24, 2.45) is 11.8 Å². The molecule has 0 spiro atoms. The smallest absolute Gasteiger partial charge is 0.317 e. The lowest BCUT2D eigenvalue weighted by Crippen LogP contribution is -2.56. The molecule has 1 atom stereocenters. The number of nitrogens with one attached hydrogen (secondary N) is 1. The van der Waals surface area contributed by atoms with Crippen LogP contribution in [0.5, 0.6) is 0 Å². The number of carbonyl (C=O) groups is 2. The van der Waals surface area contributed by atoms with Crippen molar-refractivity contribution in [3.8, 4) is 0 Å². The summed E-state index contributed by atoms with van der Waals surface area (Å²) >= 11 is 1.49. The van der Waals surface area contributed by atoms with Crippen LogP contribution in [-0.2, 0) is 11.3 Å². The first-order valence-corrected chi connectivity index (χ1v) is 6.59. The van der Waals surface area contributed by atoms with Crippen LogP contribution in [0.25, 0.3) is 0 Å². The molecule has 6 nitrogen and oxygen atoms in total. The van der Waals surface area contributed by atoms with Gasteiger partial charge in [0.2, 0.25) is 0 Å². The molecule has 1 aromatic heterocycles. The second kappa shape index (κ2) is 5.34. The number of likely N-dealkylation sites (tertiary alicyclic amines) is 1. The molecule has 2 heterocycles.